The number of carbonyl (C=O) groups excluding carboxylic acids is 1. The number of carbonyl (C=O) groups is 1. The first-order chi connectivity index (χ1) is 8.48. The summed E-state index contributed by atoms with van der Waals surface area (Å²) in [4.78, 5) is 11.8. The molecule has 18 heavy (non-hydrogen) atoms. The molecule has 0 atom stereocenters. The van der Waals surface area contributed by atoms with Crippen molar-refractivity contribution in [1.29, 1.82) is 0 Å². The predicted molar refractivity (Wildman–Crippen MR) is 70.0 cm³/mol. The topological polar surface area (TPSA) is 55.1 Å². The van der Waals surface area contributed by atoms with Crippen molar-refractivity contribution in [1.82, 2.24) is 0 Å². The van der Waals surface area contributed by atoms with Crippen LogP contribution in [-0.2, 0) is 4.79 Å². The number of hydrogen-bond donors (Lipinski definition) is 2. The molecule has 5 heteroatoms. The smallest absolute Gasteiger partial charge is 0.226 e. The van der Waals surface area contributed by atoms with Crippen LogP contribution in [0.3, 0.4) is 0 Å². The molecule has 3 N–H and O–H groups in total. The summed E-state index contributed by atoms with van der Waals surface area (Å²) in [5.41, 5.74) is 6.23. The number of anilines is 1. The van der Waals surface area contributed by atoms with Crippen LogP contribution >= 0.6 is 11.6 Å². The third-order valence-electron chi connectivity index (χ3n) is 3.32. The molecule has 0 spiro atoms. The summed E-state index contributed by atoms with van der Waals surface area (Å²) in [6.07, 6.45) is 4.20. The van der Waals surface area contributed by atoms with E-state index in [-0.39, 0.29) is 16.5 Å². The number of benzene rings is 1. The molecule has 1 fully saturated rings. The first kappa shape index (κ1) is 13.3. The maximum absolute atomic E-state index is 13.0. The van der Waals surface area contributed by atoms with Crippen molar-refractivity contribution in [3.8, 4) is 0 Å². The zero-order valence-electron chi connectivity index (χ0n) is 10.0. The molecule has 1 aliphatic rings. The highest BCUT2D eigenvalue weighted by Crippen LogP contribution is 2.30. The van der Waals surface area contributed by atoms with E-state index in [1.54, 1.807) is 0 Å². The number of amides is 1. The van der Waals surface area contributed by atoms with Crippen molar-refractivity contribution >= 4 is 23.2 Å². The number of nitrogens with one attached hydrogen (secondary N) is 1. The van der Waals surface area contributed by atoms with Crippen LogP contribution in [-0.4, -0.2) is 11.4 Å². The summed E-state index contributed by atoms with van der Waals surface area (Å²) >= 11 is 5.64. The molecule has 0 bridgehead atoms. The Balaban J connectivity index is 1.96. The third kappa shape index (κ3) is 3.21. The van der Waals surface area contributed by atoms with Crippen molar-refractivity contribution < 1.29 is 9.18 Å². The second-order valence-corrected chi connectivity index (χ2v) is 5.33. The van der Waals surface area contributed by atoms with E-state index in [0.717, 1.165) is 25.7 Å². The maximum atomic E-state index is 13.0. The summed E-state index contributed by atoms with van der Waals surface area (Å²) < 4.78 is 13.0. The van der Waals surface area contributed by atoms with Gasteiger partial charge in [-0.05, 0) is 31.0 Å². The molecule has 0 unspecified atom stereocenters. The van der Waals surface area contributed by atoms with Gasteiger partial charge in [0.1, 0.15) is 5.82 Å². The zero-order chi connectivity index (χ0) is 13.2. The molecule has 0 aromatic heterocycles. The van der Waals surface area contributed by atoms with Crippen LogP contribution in [0.15, 0.2) is 18.2 Å². The van der Waals surface area contributed by atoms with Crippen LogP contribution in [0.2, 0.25) is 5.02 Å². The summed E-state index contributed by atoms with van der Waals surface area (Å²) in [5.74, 6) is -0.650. The van der Waals surface area contributed by atoms with Crippen molar-refractivity contribution in [3.63, 3.8) is 0 Å². The average molecular weight is 271 g/mol. The lowest BCUT2D eigenvalue weighted by Gasteiger charge is -2.22. The summed E-state index contributed by atoms with van der Waals surface area (Å²) in [5, 5.41) is 2.69. The fraction of sp³-hybridized carbons (Fsp3) is 0.462. The Morgan fingerprint density at radius 1 is 1.44 bits per heavy atom. The average Bonchev–Trinajstić information content (AvgIpc) is 2.70. The van der Waals surface area contributed by atoms with Gasteiger partial charge in [-0.2, -0.15) is 0 Å². The van der Waals surface area contributed by atoms with E-state index in [1.807, 2.05) is 0 Å². The molecule has 2 rings (SSSR count). The molecular weight excluding hydrogens is 255 g/mol. The predicted octanol–water partition coefficient (Wildman–Crippen LogP) is 3.08. The highest BCUT2D eigenvalue weighted by Gasteiger charge is 2.31. The molecule has 1 amide bonds. The lowest BCUT2D eigenvalue weighted by atomic mass is 9.94. The Labute approximate surface area is 111 Å². The summed E-state index contributed by atoms with van der Waals surface area (Å²) in [6, 6.07) is 4.11. The molecule has 3 nitrogen and oxygen atoms in total. The van der Waals surface area contributed by atoms with Gasteiger partial charge in [0.05, 0.1) is 5.02 Å². The number of rotatable bonds is 3. The van der Waals surface area contributed by atoms with Gasteiger partial charge in [-0.15, -0.1) is 0 Å². The minimum Gasteiger partial charge on any atom is -0.326 e. The van der Waals surface area contributed by atoms with E-state index in [1.165, 1.54) is 18.2 Å². The Hall–Kier alpha value is -1.13. The Morgan fingerprint density at radius 3 is 2.72 bits per heavy atom. The number of nitrogens with two attached hydrogens (primary N) is 1. The molecule has 0 radical (unpaired) electrons. The van der Waals surface area contributed by atoms with Crippen molar-refractivity contribution in [2.24, 2.45) is 5.73 Å². The van der Waals surface area contributed by atoms with E-state index in [4.69, 9.17) is 17.3 Å². The first-order valence-corrected chi connectivity index (χ1v) is 6.40. The van der Waals surface area contributed by atoms with Gasteiger partial charge in [0.15, 0.2) is 0 Å². The first-order valence-electron chi connectivity index (χ1n) is 6.02. The molecule has 0 aliphatic heterocycles. The van der Waals surface area contributed by atoms with Gasteiger partial charge >= 0.3 is 0 Å². The fourth-order valence-electron chi connectivity index (χ4n) is 2.35. The van der Waals surface area contributed by atoms with Crippen LogP contribution in [0.1, 0.15) is 32.1 Å². The van der Waals surface area contributed by atoms with E-state index in [0.29, 0.717) is 12.1 Å². The van der Waals surface area contributed by atoms with Crippen molar-refractivity contribution in [2.45, 2.75) is 37.6 Å². The number of halogens is 2. The molecule has 1 saturated carbocycles. The fourth-order valence-corrected chi connectivity index (χ4v) is 2.54. The monoisotopic (exact) mass is 270 g/mol. The zero-order valence-corrected chi connectivity index (χ0v) is 10.8. The van der Waals surface area contributed by atoms with E-state index in [9.17, 15) is 9.18 Å². The minimum atomic E-state index is -0.499. The lowest BCUT2D eigenvalue weighted by molar-refractivity contribution is -0.117. The van der Waals surface area contributed by atoms with Gasteiger partial charge in [-0.1, -0.05) is 24.4 Å². The normalized spacial score (nSPS) is 17.7. The van der Waals surface area contributed by atoms with Crippen molar-refractivity contribution in [2.75, 3.05) is 5.32 Å². The molecule has 98 valence electrons. The number of hydrogen-bond acceptors (Lipinski definition) is 2. The minimum absolute atomic E-state index is 0.00359. The highest BCUT2D eigenvalue weighted by molar-refractivity contribution is 6.31. The van der Waals surface area contributed by atoms with Crippen molar-refractivity contribution in [3.05, 3.63) is 29.0 Å². The molecule has 1 aromatic rings. The van der Waals surface area contributed by atoms with Crippen LogP contribution < -0.4 is 11.1 Å². The Kier molecular flexibility index (Phi) is 3.88. The molecule has 0 heterocycles. The van der Waals surface area contributed by atoms with Gasteiger partial charge in [0.25, 0.3) is 0 Å². The standard InChI is InChI=1S/C13H16ClFN2O/c14-10-7-9(3-4-11(10)15)17-12(18)8-13(16)5-1-2-6-13/h3-4,7H,1-2,5-6,8,16H2,(H,17,18). The third-order valence-corrected chi connectivity index (χ3v) is 3.60. The molecular formula is C13H16ClFN2O. The maximum Gasteiger partial charge on any atom is 0.226 e. The Bertz CT molecular complexity index is 458. The quantitative estimate of drug-likeness (QED) is 0.887. The van der Waals surface area contributed by atoms with E-state index >= 15 is 0 Å². The van der Waals surface area contributed by atoms with Gasteiger partial charge in [0, 0.05) is 17.6 Å². The second-order valence-electron chi connectivity index (χ2n) is 4.92. The second kappa shape index (κ2) is 5.24. The molecule has 1 aliphatic carbocycles. The van der Waals surface area contributed by atoms with Crippen LogP contribution in [0.5, 0.6) is 0 Å². The van der Waals surface area contributed by atoms with Crippen LogP contribution in [0.25, 0.3) is 0 Å². The summed E-state index contributed by atoms with van der Waals surface area (Å²) in [7, 11) is 0. The lowest BCUT2D eigenvalue weighted by Crippen LogP contribution is -2.40. The molecule has 1 aromatic carbocycles. The highest BCUT2D eigenvalue weighted by atomic mass is 35.5. The Morgan fingerprint density at radius 2 is 2.11 bits per heavy atom. The van der Waals surface area contributed by atoms with Gasteiger partial charge in [0.2, 0.25) is 5.91 Å². The van der Waals surface area contributed by atoms with Gasteiger partial charge in [-0.25, -0.2) is 4.39 Å². The van der Waals surface area contributed by atoms with Crippen LogP contribution in [0.4, 0.5) is 10.1 Å². The van der Waals surface area contributed by atoms with Gasteiger partial charge in [-0.3, -0.25) is 4.79 Å². The summed E-state index contributed by atoms with van der Waals surface area (Å²) in [6.45, 7) is 0. The largest absolute Gasteiger partial charge is 0.326 e. The van der Waals surface area contributed by atoms with E-state index < -0.39 is 5.82 Å². The van der Waals surface area contributed by atoms with E-state index in [2.05, 4.69) is 5.32 Å². The van der Waals surface area contributed by atoms with Gasteiger partial charge < -0.3 is 11.1 Å². The molecule has 0 saturated heterocycles. The van der Waals surface area contributed by atoms with Crippen LogP contribution in [0, 0.1) is 5.82 Å². The SMILES string of the molecule is NC1(CC(=O)Nc2ccc(F)c(Cl)c2)CCCC1.